The Morgan fingerprint density at radius 3 is 2.83 bits per heavy atom. The van der Waals surface area contributed by atoms with Crippen LogP contribution in [0.25, 0.3) is 0 Å². The van der Waals surface area contributed by atoms with E-state index in [0.29, 0.717) is 22.4 Å². The molecular weight excluding hydrogens is 296 g/mol. The standard InChI is InChI=1S/C13H19BrN2O2/c1-2-3-4-5-8-18-10-6-7-12(14)11(9-10)13(17)16-15/h6-7,9H,2-5,8,15H2,1H3,(H,16,17). The first-order valence-electron chi connectivity index (χ1n) is 6.12. The third-order valence-electron chi connectivity index (χ3n) is 2.58. The maximum atomic E-state index is 11.5. The first kappa shape index (κ1) is 15.0. The second kappa shape index (κ2) is 8.11. The Hall–Kier alpha value is -1.07. The van der Waals surface area contributed by atoms with Crippen LogP contribution in [0.1, 0.15) is 43.0 Å². The van der Waals surface area contributed by atoms with E-state index in [9.17, 15) is 4.79 Å². The van der Waals surface area contributed by atoms with Gasteiger partial charge in [-0.25, -0.2) is 5.84 Å². The summed E-state index contributed by atoms with van der Waals surface area (Å²) in [6, 6.07) is 5.30. The Bertz CT molecular complexity index is 397. The molecule has 0 unspecified atom stereocenters. The fraction of sp³-hybridized carbons (Fsp3) is 0.462. The molecule has 3 N–H and O–H groups in total. The first-order valence-corrected chi connectivity index (χ1v) is 6.91. The quantitative estimate of drug-likeness (QED) is 0.352. The number of carbonyl (C=O) groups excluding carboxylic acids is 1. The van der Waals surface area contributed by atoms with E-state index in [1.165, 1.54) is 19.3 Å². The molecule has 5 heteroatoms. The van der Waals surface area contributed by atoms with E-state index in [1.807, 2.05) is 6.07 Å². The van der Waals surface area contributed by atoms with E-state index >= 15 is 0 Å². The van der Waals surface area contributed by atoms with Gasteiger partial charge in [-0.05, 0) is 40.5 Å². The largest absolute Gasteiger partial charge is 0.494 e. The van der Waals surface area contributed by atoms with Crippen LogP contribution in [-0.4, -0.2) is 12.5 Å². The van der Waals surface area contributed by atoms with Gasteiger partial charge in [0.25, 0.3) is 5.91 Å². The van der Waals surface area contributed by atoms with E-state index in [2.05, 4.69) is 28.3 Å². The molecule has 0 heterocycles. The lowest BCUT2D eigenvalue weighted by Crippen LogP contribution is -2.30. The summed E-state index contributed by atoms with van der Waals surface area (Å²) in [5, 5.41) is 0. The normalized spacial score (nSPS) is 10.2. The Morgan fingerprint density at radius 1 is 1.39 bits per heavy atom. The Labute approximate surface area is 116 Å². The van der Waals surface area contributed by atoms with E-state index in [1.54, 1.807) is 12.1 Å². The predicted octanol–water partition coefficient (Wildman–Crippen LogP) is 3.01. The molecule has 1 aromatic rings. The van der Waals surface area contributed by atoms with Crippen molar-refractivity contribution in [2.75, 3.05) is 6.61 Å². The van der Waals surface area contributed by atoms with Gasteiger partial charge in [-0.3, -0.25) is 10.2 Å². The third-order valence-corrected chi connectivity index (χ3v) is 3.27. The fourth-order valence-electron chi connectivity index (χ4n) is 1.56. The molecule has 0 bridgehead atoms. The minimum absolute atomic E-state index is 0.335. The molecule has 1 aromatic carbocycles. The third kappa shape index (κ3) is 4.66. The molecule has 0 saturated heterocycles. The number of amides is 1. The maximum Gasteiger partial charge on any atom is 0.266 e. The fourth-order valence-corrected chi connectivity index (χ4v) is 1.99. The summed E-state index contributed by atoms with van der Waals surface area (Å²) in [4.78, 5) is 11.5. The lowest BCUT2D eigenvalue weighted by Gasteiger charge is -2.09. The van der Waals surface area contributed by atoms with Crippen LogP contribution in [0.15, 0.2) is 22.7 Å². The monoisotopic (exact) mass is 314 g/mol. The SMILES string of the molecule is CCCCCCOc1ccc(Br)c(C(=O)NN)c1. The summed E-state index contributed by atoms with van der Waals surface area (Å²) in [6.45, 7) is 2.85. The van der Waals surface area contributed by atoms with E-state index in [0.717, 1.165) is 6.42 Å². The minimum Gasteiger partial charge on any atom is -0.494 e. The van der Waals surface area contributed by atoms with Crippen molar-refractivity contribution < 1.29 is 9.53 Å². The average molecular weight is 315 g/mol. The number of hydrogen-bond donors (Lipinski definition) is 2. The number of nitrogens with two attached hydrogens (primary N) is 1. The topological polar surface area (TPSA) is 64.3 Å². The number of ether oxygens (including phenoxy) is 1. The summed E-state index contributed by atoms with van der Waals surface area (Å²) in [5.41, 5.74) is 2.58. The summed E-state index contributed by atoms with van der Waals surface area (Å²) in [5.74, 6) is 5.47. The highest BCUT2D eigenvalue weighted by Gasteiger charge is 2.09. The maximum absolute atomic E-state index is 11.5. The molecule has 1 rings (SSSR count). The zero-order valence-electron chi connectivity index (χ0n) is 10.5. The minimum atomic E-state index is -0.335. The van der Waals surface area contributed by atoms with Crippen LogP contribution in [0.3, 0.4) is 0 Å². The lowest BCUT2D eigenvalue weighted by atomic mass is 10.2. The first-order chi connectivity index (χ1) is 8.69. The van der Waals surface area contributed by atoms with Crippen LogP contribution in [0.4, 0.5) is 0 Å². The van der Waals surface area contributed by atoms with Gasteiger partial charge in [0.05, 0.1) is 12.2 Å². The highest BCUT2D eigenvalue weighted by atomic mass is 79.9. The van der Waals surface area contributed by atoms with Crippen LogP contribution in [0.2, 0.25) is 0 Å². The number of hydrazine groups is 1. The van der Waals surface area contributed by atoms with E-state index < -0.39 is 0 Å². The van der Waals surface area contributed by atoms with Gasteiger partial charge in [0, 0.05) is 4.47 Å². The van der Waals surface area contributed by atoms with Crippen LogP contribution in [0.5, 0.6) is 5.75 Å². The number of halogens is 1. The van der Waals surface area contributed by atoms with Gasteiger partial charge in [0.1, 0.15) is 5.75 Å². The zero-order valence-corrected chi connectivity index (χ0v) is 12.1. The molecule has 4 nitrogen and oxygen atoms in total. The molecule has 1 amide bonds. The van der Waals surface area contributed by atoms with E-state index in [4.69, 9.17) is 10.6 Å². The smallest absolute Gasteiger partial charge is 0.266 e. The van der Waals surface area contributed by atoms with Gasteiger partial charge < -0.3 is 4.74 Å². The van der Waals surface area contributed by atoms with Gasteiger partial charge in [0.15, 0.2) is 0 Å². The molecular formula is C13H19BrN2O2. The summed E-state index contributed by atoms with van der Waals surface area (Å²) in [6.07, 6.45) is 4.63. The van der Waals surface area contributed by atoms with Crippen molar-refractivity contribution in [3.8, 4) is 5.75 Å². The summed E-state index contributed by atoms with van der Waals surface area (Å²) in [7, 11) is 0. The molecule has 0 saturated carbocycles. The number of rotatable bonds is 7. The molecule has 100 valence electrons. The highest BCUT2D eigenvalue weighted by Crippen LogP contribution is 2.22. The van der Waals surface area contributed by atoms with Crippen molar-refractivity contribution in [2.24, 2.45) is 5.84 Å². The van der Waals surface area contributed by atoms with Crippen LogP contribution < -0.4 is 16.0 Å². The molecule has 0 fully saturated rings. The molecule has 0 atom stereocenters. The van der Waals surface area contributed by atoms with Crippen molar-refractivity contribution in [3.63, 3.8) is 0 Å². The summed E-state index contributed by atoms with van der Waals surface area (Å²) >= 11 is 3.30. The number of hydrogen-bond acceptors (Lipinski definition) is 3. The zero-order chi connectivity index (χ0) is 13.4. The van der Waals surface area contributed by atoms with Gasteiger partial charge in [-0.1, -0.05) is 26.2 Å². The lowest BCUT2D eigenvalue weighted by molar-refractivity contribution is 0.0952. The van der Waals surface area contributed by atoms with Gasteiger partial charge >= 0.3 is 0 Å². The molecule has 0 spiro atoms. The molecule has 0 aliphatic carbocycles. The van der Waals surface area contributed by atoms with Crippen molar-refractivity contribution in [1.29, 1.82) is 0 Å². The average Bonchev–Trinajstić information content (AvgIpc) is 2.39. The number of unbranched alkanes of at least 4 members (excludes halogenated alkanes) is 3. The number of nitrogen functional groups attached to an aromatic ring is 1. The highest BCUT2D eigenvalue weighted by molar-refractivity contribution is 9.10. The molecule has 0 aromatic heterocycles. The van der Waals surface area contributed by atoms with Crippen LogP contribution >= 0.6 is 15.9 Å². The number of benzene rings is 1. The molecule has 0 aliphatic rings. The molecule has 0 radical (unpaired) electrons. The van der Waals surface area contributed by atoms with Crippen molar-refractivity contribution in [3.05, 3.63) is 28.2 Å². The van der Waals surface area contributed by atoms with Gasteiger partial charge in [-0.2, -0.15) is 0 Å². The second-order valence-corrected chi connectivity index (χ2v) is 4.88. The Balaban J connectivity index is 2.54. The second-order valence-electron chi connectivity index (χ2n) is 4.02. The predicted molar refractivity (Wildman–Crippen MR) is 75.4 cm³/mol. The van der Waals surface area contributed by atoms with Gasteiger partial charge in [0.2, 0.25) is 0 Å². The summed E-state index contributed by atoms with van der Waals surface area (Å²) < 4.78 is 6.30. The van der Waals surface area contributed by atoms with Gasteiger partial charge in [-0.15, -0.1) is 0 Å². The van der Waals surface area contributed by atoms with Crippen molar-refractivity contribution in [1.82, 2.24) is 5.43 Å². The van der Waals surface area contributed by atoms with Crippen molar-refractivity contribution >= 4 is 21.8 Å². The number of carbonyl (C=O) groups is 1. The Morgan fingerprint density at radius 2 is 2.17 bits per heavy atom. The van der Waals surface area contributed by atoms with Crippen LogP contribution in [-0.2, 0) is 0 Å². The number of nitrogens with one attached hydrogen (secondary N) is 1. The van der Waals surface area contributed by atoms with Crippen molar-refractivity contribution in [2.45, 2.75) is 32.6 Å². The van der Waals surface area contributed by atoms with Crippen LogP contribution in [0, 0.1) is 0 Å². The van der Waals surface area contributed by atoms with E-state index in [-0.39, 0.29) is 5.91 Å². The Kier molecular flexibility index (Phi) is 6.75. The molecule has 0 aliphatic heterocycles. The molecule has 18 heavy (non-hydrogen) atoms.